The lowest BCUT2D eigenvalue weighted by molar-refractivity contribution is -0.205. The van der Waals surface area contributed by atoms with Gasteiger partial charge in [0.25, 0.3) is 0 Å². The van der Waals surface area contributed by atoms with Crippen LogP contribution >= 0.6 is 35.2 Å². The Morgan fingerprint density at radius 3 is 2.70 bits per heavy atom. The monoisotopic (exact) mass is 469 g/mol. The van der Waals surface area contributed by atoms with E-state index in [1.165, 1.54) is 12.7 Å². The molecule has 0 aliphatic heterocycles. The molecule has 0 bridgehead atoms. The number of nitrogens with one attached hydrogen (secondary N) is 1. The van der Waals surface area contributed by atoms with Crippen LogP contribution in [-0.4, -0.2) is 37.6 Å². The van der Waals surface area contributed by atoms with Gasteiger partial charge in [-0.25, -0.2) is 0 Å². The summed E-state index contributed by atoms with van der Waals surface area (Å²) in [6.45, 7) is 4.34. The van der Waals surface area contributed by atoms with Crippen molar-refractivity contribution in [1.82, 2.24) is 5.32 Å². The van der Waals surface area contributed by atoms with Crippen LogP contribution in [0.5, 0.6) is 0 Å². The van der Waals surface area contributed by atoms with E-state index in [1.54, 1.807) is 32.3 Å². The summed E-state index contributed by atoms with van der Waals surface area (Å²) in [4.78, 5) is 13.8. The Balaban J connectivity index is 1.87. The highest BCUT2D eigenvalue weighted by Gasteiger charge is 2.26. The smallest absolute Gasteiger partial charge is 0.311 e. The predicted octanol–water partition coefficient (Wildman–Crippen LogP) is 4.99. The number of rotatable bonds is 11. The molecular formula is C22H28ClNO4S2. The number of hydrogen-bond acceptors (Lipinski definition) is 6. The molecule has 5 nitrogen and oxygen atoms in total. The van der Waals surface area contributed by atoms with Crippen LogP contribution in [-0.2, 0) is 32.0 Å². The maximum Gasteiger partial charge on any atom is 0.311 e. The minimum absolute atomic E-state index is 0.163. The molecule has 0 saturated carbocycles. The number of methoxy groups -OCH3 is 2. The first-order valence-corrected chi connectivity index (χ1v) is 11.2. The fourth-order valence-electron chi connectivity index (χ4n) is 2.69. The number of halogens is 1. The Morgan fingerprint density at radius 2 is 2.03 bits per heavy atom. The van der Waals surface area contributed by atoms with Crippen LogP contribution in [0.4, 0.5) is 0 Å². The second-order valence-electron chi connectivity index (χ2n) is 7.31. The third-order valence-electron chi connectivity index (χ3n) is 4.61. The molecule has 1 aromatic carbocycles. The van der Waals surface area contributed by atoms with Crippen molar-refractivity contribution in [2.75, 3.05) is 20.8 Å². The van der Waals surface area contributed by atoms with Crippen molar-refractivity contribution >= 4 is 46.1 Å². The Labute approximate surface area is 192 Å². The van der Waals surface area contributed by atoms with Gasteiger partial charge in [0.15, 0.2) is 5.79 Å². The molecule has 0 saturated heterocycles. The van der Waals surface area contributed by atoms with Crippen LogP contribution in [0.15, 0.2) is 35.7 Å². The van der Waals surface area contributed by atoms with E-state index in [0.717, 1.165) is 21.9 Å². The van der Waals surface area contributed by atoms with E-state index in [-0.39, 0.29) is 12.6 Å². The lowest BCUT2D eigenvalue weighted by atomic mass is 10.1. The zero-order chi connectivity index (χ0) is 22.1. The summed E-state index contributed by atoms with van der Waals surface area (Å²) in [5.41, 5.74) is 2.31. The number of thiocarbonyl (C=S) groups is 1. The highest BCUT2D eigenvalue weighted by molar-refractivity contribution is 7.80. The molecule has 8 heteroatoms. The molecule has 0 spiro atoms. The maximum absolute atomic E-state index is 12.1. The summed E-state index contributed by atoms with van der Waals surface area (Å²) in [6, 6.07) is 10.0. The van der Waals surface area contributed by atoms with Gasteiger partial charge in [-0.2, -0.15) is 0 Å². The standard InChI is InChI=1S/C22H28ClNO4S2/c1-22(2,27-4)28-13-17(21(25)26-3)11-20(29)24-12-18-10-15(14-30-18)9-16-7-5-6-8-19(16)23/h5-8,10,14,17H,9,11-13H2,1-4H3,(H,24,29). The van der Waals surface area contributed by atoms with E-state index >= 15 is 0 Å². The summed E-state index contributed by atoms with van der Waals surface area (Å²) in [7, 11) is 2.92. The molecule has 0 aliphatic rings. The minimum Gasteiger partial charge on any atom is -0.469 e. The third kappa shape index (κ3) is 7.96. The number of benzene rings is 1. The molecule has 1 atom stereocenters. The molecule has 0 aliphatic carbocycles. The van der Waals surface area contributed by atoms with Crippen molar-refractivity contribution in [3.63, 3.8) is 0 Å². The Bertz CT molecular complexity index is 853. The van der Waals surface area contributed by atoms with Crippen LogP contribution in [0.2, 0.25) is 5.02 Å². The second kappa shape index (κ2) is 11.8. The van der Waals surface area contributed by atoms with Crippen LogP contribution in [0.25, 0.3) is 0 Å². The summed E-state index contributed by atoms with van der Waals surface area (Å²) < 4.78 is 15.8. The van der Waals surface area contributed by atoms with Gasteiger partial charge in [-0.3, -0.25) is 4.79 Å². The normalized spacial score (nSPS) is 12.4. The Morgan fingerprint density at radius 1 is 1.30 bits per heavy atom. The molecule has 2 aromatic rings. The fraction of sp³-hybridized carbons (Fsp3) is 0.455. The summed E-state index contributed by atoms with van der Waals surface area (Å²) in [6.07, 6.45) is 1.14. The fourth-order valence-corrected chi connectivity index (χ4v) is 4.00. The molecule has 1 heterocycles. The topological polar surface area (TPSA) is 56.8 Å². The van der Waals surface area contributed by atoms with Gasteiger partial charge in [0.05, 0.1) is 24.6 Å². The van der Waals surface area contributed by atoms with Gasteiger partial charge in [0.2, 0.25) is 0 Å². The van der Waals surface area contributed by atoms with E-state index in [4.69, 9.17) is 38.0 Å². The van der Waals surface area contributed by atoms with Crippen molar-refractivity contribution in [3.05, 3.63) is 56.7 Å². The first kappa shape index (κ1) is 24.8. The van der Waals surface area contributed by atoms with Gasteiger partial charge in [-0.15, -0.1) is 11.3 Å². The SMILES string of the molecule is COC(=O)C(COC(C)(C)OC)CC(=S)NCc1cc(Cc2ccccc2Cl)cs1. The third-order valence-corrected chi connectivity index (χ3v) is 6.28. The number of hydrogen-bond donors (Lipinski definition) is 1. The lowest BCUT2D eigenvalue weighted by Crippen LogP contribution is -2.34. The number of thiophene rings is 1. The van der Waals surface area contributed by atoms with Gasteiger partial charge in [-0.1, -0.05) is 42.0 Å². The van der Waals surface area contributed by atoms with E-state index in [9.17, 15) is 4.79 Å². The van der Waals surface area contributed by atoms with Crippen LogP contribution < -0.4 is 5.32 Å². The van der Waals surface area contributed by atoms with Crippen molar-refractivity contribution in [2.45, 2.75) is 39.0 Å². The Kier molecular flexibility index (Phi) is 9.71. The van der Waals surface area contributed by atoms with E-state index in [2.05, 4.69) is 16.8 Å². The summed E-state index contributed by atoms with van der Waals surface area (Å²) >= 11 is 13.4. The first-order chi connectivity index (χ1) is 14.2. The maximum atomic E-state index is 12.1. The Hall–Kier alpha value is -1.51. The predicted molar refractivity (Wildman–Crippen MR) is 125 cm³/mol. The quantitative estimate of drug-likeness (QED) is 0.284. The molecule has 0 fully saturated rings. The first-order valence-electron chi connectivity index (χ1n) is 9.57. The molecule has 0 amide bonds. The summed E-state index contributed by atoms with van der Waals surface area (Å²) in [5, 5.41) is 6.13. The molecule has 1 N–H and O–H groups in total. The van der Waals surface area contributed by atoms with E-state index in [1.807, 2.05) is 24.3 Å². The largest absolute Gasteiger partial charge is 0.469 e. The average Bonchev–Trinajstić information content (AvgIpc) is 3.18. The number of ether oxygens (including phenoxy) is 3. The van der Waals surface area contributed by atoms with Crippen LogP contribution in [0.1, 0.15) is 36.3 Å². The van der Waals surface area contributed by atoms with Gasteiger partial charge >= 0.3 is 5.97 Å². The molecule has 1 aromatic heterocycles. The zero-order valence-corrected chi connectivity index (χ0v) is 20.1. The summed E-state index contributed by atoms with van der Waals surface area (Å²) in [5.74, 6) is -1.64. The zero-order valence-electron chi connectivity index (χ0n) is 17.7. The number of esters is 1. The van der Waals surface area contributed by atoms with Gasteiger partial charge in [0.1, 0.15) is 0 Å². The molecule has 2 rings (SSSR count). The number of carbonyl (C=O) groups is 1. The minimum atomic E-state index is -0.781. The van der Waals surface area contributed by atoms with E-state index in [0.29, 0.717) is 18.0 Å². The van der Waals surface area contributed by atoms with Crippen LogP contribution in [0, 0.1) is 5.92 Å². The molecular weight excluding hydrogens is 442 g/mol. The van der Waals surface area contributed by atoms with Gasteiger partial charge in [0, 0.05) is 30.0 Å². The molecule has 0 radical (unpaired) electrons. The van der Waals surface area contributed by atoms with Crippen LogP contribution in [0.3, 0.4) is 0 Å². The second-order valence-corrected chi connectivity index (χ2v) is 9.20. The van der Waals surface area contributed by atoms with Crippen molar-refractivity contribution in [1.29, 1.82) is 0 Å². The molecule has 30 heavy (non-hydrogen) atoms. The van der Waals surface area contributed by atoms with Gasteiger partial charge in [-0.05, 0) is 48.9 Å². The lowest BCUT2D eigenvalue weighted by Gasteiger charge is -2.26. The highest BCUT2D eigenvalue weighted by Crippen LogP contribution is 2.22. The van der Waals surface area contributed by atoms with E-state index < -0.39 is 11.7 Å². The molecule has 1 unspecified atom stereocenters. The van der Waals surface area contributed by atoms with Gasteiger partial charge < -0.3 is 19.5 Å². The van der Waals surface area contributed by atoms with Crippen molar-refractivity contribution in [3.8, 4) is 0 Å². The number of carbonyl (C=O) groups excluding carboxylic acids is 1. The van der Waals surface area contributed by atoms with Crippen molar-refractivity contribution in [2.24, 2.45) is 5.92 Å². The average molecular weight is 470 g/mol. The molecule has 164 valence electrons. The van der Waals surface area contributed by atoms with Crippen molar-refractivity contribution < 1.29 is 19.0 Å². The highest BCUT2D eigenvalue weighted by atomic mass is 35.5.